The lowest BCUT2D eigenvalue weighted by molar-refractivity contribution is 0.0584. The Morgan fingerprint density at radius 3 is 1.82 bits per heavy atom. The van der Waals surface area contributed by atoms with Crippen molar-refractivity contribution in [3.63, 3.8) is 0 Å². The lowest BCUT2D eigenvalue weighted by Gasteiger charge is -2.25. The molecule has 0 radical (unpaired) electrons. The van der Waals surface area contributed by atoms with Crippen LogP contribution in [-0.4, -0.2) is 28.2 Å². The van der Waals surface area contributed by atoms with E-state index in [4.69, 9.17) is 9.47 Å². The van der Waals surface area contributed by atoms with E-state index in [1.807, 2.05) is 0 Å². The molecule has 0 saturated carbocycles. The molecule has 0 heterocycles. The molecule has 1 N–H and O–H groups in total. The van der Waals surface area contributed by atoms with Crippen LogP contribution in [0.25, 0.3) is 21.5 Å². The zero-order chi connectivity index (χ0) is 27.7. The summed E-state index contributed by atoms with van der Waals surface area (Å²) in [4.78, 5) is 37.6. The van der Waals surface area contributed by atoms with Gasteiger partial charge in [-0.05, 0) is 109 Å². The smallest absolute Gasteiger partial charge is 0.343 e. The normalized spacial score (nSPS) is 11.4. The van der Waals surface area contributed by atoms with Crippen LogP contribution in [0.3, 0.4) is 0 Å². The van der Waals surface area contributed by atoms with E-state index in [-0.39, 0.29) is 17.3 Å². The van der Waals surface area contributed by atoms with E-state index in [0.29, 0.717) is 28.2 Å². The zero-order valence-electron chi connectivity index (χ0n) is 21.7. The SMILES string of the molecule is CC(=O)c1ccc(OC(C)(C)C(=O)c2ccc3cc(OC(=O)c4ccc5cc(O)ccc5c4)ccc3c2)cc1. The first-order valence-corrected chi connectivity index (χ1v) is 12.4. The highest BCUT2D eigenvalue weighted by atomic mass is 16.5. The summed E-state index contributed by atoms with van der Waals surface area (Å²) < 4.78 is 11.6. The highest BCUT2D eigenvalue weighted by Crippen LogP contribution is 2.28. The summed E-state index contributed by atoms with van der Waals surface area (Å²) in [6.07, 6.45) is 0. The van der Waals surface area contributed by atoms with Gasteiger partial charge < -0.3 is 14.6 Å². The first-order chi connectivity index (χ1) is 18.6. The topological polar surface area (TPSA) is 89.9 Å². The Bertz CT molecular complexity index is 1750. The van der Waals surface area contributed by atoms with Gasteiger partial charge in [-0.1, -0.05) is 30.3 Å². The van der Waals surface area contributed by atoms with Crippen LogP contribution in [0.15, 0.2) is 97.1 Å². The second-order valence-electron chi connectivity index (χ2n) is 9.88. The molecule has 0 amide bonds. The molecule has 0 aliphatic heterocycles. The average Bonchev–Trinajstić information content (AvgIpc) is 2.92. The molecule has 0 spiro atoms. The fraction of sp³-hybridized carbons (Fsp3) is 0.121. The number of benzene rings is 5. The summed E-state index contributed by atoms with van der Waals surface area (Å²) >= 11 is 0. The minimum Gasteiger partial charge on any atom is -0.508 e. The number of rotatable bonds is 7. The van der Waals surface area contributed by atoms with Crippen LogP contribution in [0.5, 0.6) is 17.2 Å². The fourth-order valence-electron chi connectivity index (χ4n) is 4.40. The Kier molecular flexibility index (Phi) is 6.62. The number of Topliss-reactive ketones (excluding diaryl/α,β-unsaturated/α-hetero) is 2. The Labute approximate surface area is 225 Å². The molecule has 0 aromatic heterocycles. The molecule has 5 aromatic carbocycles. The summed E-state index contributed by atoms with van der Waals surface area (Å²) in [5.41, 5.74) is 0.316. The quantitative estimate of drug-likeness (QED) is 0.140. The fourth-order valence-corrected chi connectivity index (χ4v) is 4.40. The van der Waals surface area contributed by atoms with Crippen molar-refractivity contribution in [2.75, 3.05) is 0 Å². The Morgan fingerprint density at radius 2 is 1.13 bits per heavy atom. The molecule has 0 aliphatic carbocycles. The predicted molar refractivity (Wildman–Crippen MR) is 150 cm³/mol. The van der Waals surface area contributed by atoms with Gasteiger partial charge in [0.15, 0.2) is 11.4 Å². The number of ether oxygens (including phenoxy) is 2. The first kappa shape index (κ1) is 25.7. The minimum absolute atomic E-state index is 0.0402. The van der Waals surface area contributed by atoms with Crippen LogP contribution in [-0.2, 0) is 0 Å². The Hall–Kier alpha value is -4.97. The Morgan fingerprint density at radius 1 is 0.615 bits per heavy atom. The van der Waals surface area contributed by atoms with Crippen molar-refractivity contribution < 1.29 is 29.0 Å². The molecule has 5 aromatic rings. The standard InChI is InChI=1S/C33H26O6/c1-20(34)21-9-13-29(14-10-21)39-33(2,3)31(36)26-6-4-25-19-30(15-11-23(25)16-26)38-32(37)27-7-5-24-18-28(35)12-8-22(24)17-27/h4-19,35H,1-3H3. The van der Waals surface area contributed by atoms with Crippen LogP contribution >= 0.6 is 0 Å². The van der Waals surface area contributed by atoms with Gasteiger partial charge in [-0.25, -0.2) is 4.79 Å². The number of phenolic OH excluding ortho intramolecular Hbond substituents is 1. The molecule has 39 heavy (non-hydrogen) atoms. The number of phenols is 1. The van der Waals surface area contributed by atoms with Crippen LogP contribution in [0, 0.1) is 0 Å². The summed E-state index contributed by atoms with van der Waals surface area (Å²) in [5, 5.41) is 12.9. The highest BCUT2D eigenvalue weighted by Gasteiger charge is 2.31. The van der Waals surface area contributed by atoms with Crippen molar-refractivity contribution in [1.29, 1.82) is 0 Å². The lowest BCUT2D eigenvalue weighted by atomic mass is 9.94. The summed E-state index contributed by atoms with van der Waals surface area (Å²) in [6, 6.07) is 27.3. The predicted octanol–water partition coefficient (Wildman–Crippen LogP) is 7.16. The van der Waals surface area contributed by atoms with Crippen molar-refractivity contribution in [3.05, 3.63) is 114 Å². The number of esters is 1. The van der Waals surface area contributed by atoms with Gasteiger partial charge in [0.2, 0.25) is 5.78 Å². The number of fused-ring (bicyclic) bond motifs is 2. The number of carbonyl (C=O) groups is 3. The van der Waals surface area contributed by atoms with E-state index in [2.05, 4.69) is 0 Å². The Balaban J connectivity index is 1.31. The third kappa shape index (κ3) is 5.50. The van der Waals surface area contributed by atoms with E-state index in [9.17, 15) is 19.5 Å². The van der Waals surface area contributed by atoms with Crippen molar-refractivity contribution >= 4 is 39.1 Å². The molecular weight excluding hydrogens is 492 g/mol. The van der Waals surface area contributed by atoms with Gasteiger partial charge in [-0.3, -0.25) is 9.59 Å². The van der Waals surface area contributed by atoms with Gasteiger partial charge in [-0.15, -0.1) is 0 Å². The summed E-state index contributed by atoms with van der Waals surface area (Å²) in [5.74, 6) is 0.314. The van der Waals surface area contributed by atoms with Crippen molar-refractivity contribution in [2.45, 2.75) is 26.4 Å². The maximum atomic E-state index is 13.3. The maximum absolute atomic E-state index is 13.3. The largest absolute Gasteiger partial charge is 0.508 e. The van der Waals surface area contributed by atoms with Crippen LogP contribution < -0.4 is 9.47 Å². The molecule has 0 bridgehead atoms. The molecule has 6 nitrogen and oxygen atoms in total. The first-order valence-electron chi connectivity index (χ1n) is 12.4. The van der Waals surface area contributed by atoms with E-state index >= 15 is 0 Å². The molecule has 0 aliphatic rings. The molecular formula is C33H26O6. The number of carbonyl (C=O) groups excluding carboxylic acids is 3. The minimum atomic E-state index is -1.14. The van der Waals surface area contributed by atoms with Gasteiger partial charge >= 0.3 is 5.97 Å². The van der Waals surface area contributed by atoms with Crippen molar-refractivity contribution in [2.24, 2.45) is 0 Å². The number of hydrogen-bond donors (Lipinski definition) is 1. The van der Waals surface area contributed by atoms with Crippen LogP contribution in [0.1, 0.15) is 51.8 Å². The number of aromatic hydroxyl groups is 1. The highest BCUT2D eigenvalue weighted by molar-refractivity contribution is 6.05. The average molecular weight is 519 g/mol. The van der Waals surface area contributed by atoms with E-state index in [1.165, 1.54) is 6.92 Å². The second-order valence-corrected chi connectivity index (χ2v) is 9.88. The molecule has 0 saturated heterocycles. The third-order valence-electron chi connectivity index (χ3n) is 6.52. The van der Waals surface area contributed by atoms with Gasteiger partial charge in [0.1, 0.15) is 17.2 Å². The van der Waals surface area contributed by atoms with Gasteiger partial charge in [0.25, 0.3) is 0 Å². The van der Waals surface area contributed by atoms with Gasteiger partial charge in [-0.2, -0.15) is 0 Å². The summed E-state index contributed by atoms with van der Waals surface area (Å²) in [6.45, 7) is 4.90. The molecule has 6 heteroatoms. The van der Waals surface area contributed by atoms with Crippen LogP contribution in [0.2, 0.25) is 0 Å². The molecule has 194 valence electrons. The molecule has 5 rings (SSSR count). The number of ketones is 2. The zero-order valence-corrected chi connectivity index (χ0v) is 21.7. The molecule has 0 fully saturated rings. The monoisotopic (exact) mass is 518 g/mol. The second kappa shape index (κ2) is 10.1. The number of hydrogen-bond acceptors (Lipinski definition) is 6. The van der Waals surface area contributed by atoms with Crippen molar-refractivity contribution in [1.82, 2.24) is 0 Å². The van der Waals surface area contributed by atoms with E-state index in [1.54, 1.807) is 111 Å². The van der Waals surface area contributed by atoms with Crippen LogP contribution in [0.4, 0.5) is 0 Å². The van der Waals surface area contributed by atoms with E-state index in [0.717, 1.165) is 21.5 Å². The van der Waals surface area contributed by atoms with E-state index < -0.39 is 11.6 Å². The molecule has 0 unspecified atom stereocenters. The maximum Gasteiger partial charge on any atom is 0.343 e. The van der Waals surface area contributed by atoms with Gasteiger partial charge in [0.05, 0.1) is 5.56 Å². The summed E-state index contributed by atoms with van der Waals surface area (Å²) in [7, 11) is 0. The van der Waals surface area contributed by atoms with Gasteiger partial charge in [0, 0.05) is 11.1 Å². The lowest BCUT2D eigenvalue weighted by Crippen LogP contribution is -2.38. The van der Waals surface area contributed by atoms with Crippen molar-refractivity contribution in [3.8, 4) is 17.2 Å². The third-order valence-corrected chi connectivity index (χ3v) is 6.52. The molecule has 0 atom stereocenters.